The Balaban J connectivity index is 3.13. The van der Waals surface area contributed by atoms with E-state index in [0.29, 0.717) is 5.46 Å². The van der Waals surface area contributed by atoms with Crippen LogP contribution in [0.5, 0.6) is 0 Å². The van der Waals surface area contributed by atoms with Gasteiger partial charge >= 0.3 is 5.97 Å². The number of esters is 1. The number of H-pyrrole nitrogens is 1. The first-order valence-electron chi connectivity index (χ1n) is 3.66. The number of hydrogen-bond donors (Lipinski definition) is 1. The lowest BCUT2D eigenvalue weighted by Gasteiger charge is -1.98. The molecule has 0 spiro atoms. The van der Waals surface area contributed by atoms with E-state index in [0.717, 1.165) is 0 Å². The third-order valence-electron chi connectivity index (χ3n) is 1.54. The van der Waals surface area contributed by atoms with E-state index in [2.05, 4.69) is 14.9 Å². The van der Waals surface area contributed by atoms with Crippen LogP contribution in [0.4, 0.5) is 0 Å². The molecule has 5 nitrogen and oxygen atoms in total. The minimum absolute atomic E-state index is 0.0928. The maximum atomic E-state index is 11.0. The van der Waals surface area contributed by atoms with E-state index >= 15 is 0 Å². The Kier molecular flexibility index (Phi) is 2.84. The van der Waals surface area contributed by atoms with Crippen molar-refractivity contribution in [3.63, 3.8) is 0 Å². The van der Waals surface area contributed by atoms with Crippen molar-refractivity contribution in [3.05, 3.63) is 22.1 Å². The summed E-state index contributed by atoms with van der Waals surface area (Å²) in [6, 6.07) is 1.38. The highest BCUT2D eigenvalue weighted by Crippen LogP contribution is 1.89. The van der Waals surface area contributed by atoms with Crippen LogP contribution in [0.1, 0.15) is 10.5 Å². The molecule has 0 atom stereocenters. The van der Waals surface area contributed by atoms with Gasteiger partial charge in [-0.1, -0.05) is 6.82 Å². The van der Waals surface area contributed by atoms with Gasteiger partial charge in [0.05, 0.1) is 7.11 Å². The normalized spacial score (nSPS) is 9.38. The van der Waals surface area contributed by atoms with Crippen LogP contribution >= 0.6 is 0 Å². The highest BCUT2D eigenvalue weighted by atomic mass is 16.5. The maximum absolute atomic E-state index is 11.0. The first-order chi connectivity index (χ1) is 6.19. The molecule has 6 heteroatoms. The van der Waals surface area contributed by atoms with Crippen LogP contribution in [0.2, 0.25) is 6.82 Å². The highest BCUT2D eigenvalue weighted by Gasteiger charge is 2.09. The van der Waals surface area contributed by atoms with E-state index in [-0.39, 0.29) is 11.3 Å². The van der Waals surface area contributed by atoms with E-state index in [1.807, 2.05) is 0 Å². The van der Waals surface area contributed by atoms with E-state index in [9.17, 15) is 9.59 Å². The molecule has 0 aromatic carbocycles. The number of rotatable bonds is 2. The number of nitrogens with zero attached hydrogens (tertiary/aromatic N) is 1. The van der Waals surface area contributed by atoms with Gasteiger partial charge in [0, 0.05) is 0 Å². The van der Waals surface area contributed by atoms with Crippen LogP contribution in [-0.2, 0) is 4.74 Å². The van der Waals surface area contributed by atoms with E-state index in [1.54, 1.807) is 14.1 Å². The second-order valence-electron chi connectivity index (χ2n) is 2.32. The van der Waals surface area contributed by atoms with Crippen molar-refractivity contribution in [2.75, 3.05) is 7.11 Å². The smallest absolute Gasteiger partial charge is 0.358 e. The molecule has 0 aliphatic carbocycles. The Labute approximate surface area is 75.4 Å². The number of carbonyl (C=O) groups is 1. The molecule has 0 saturated carbocycles. The van der Waals surface area contributed by atoms with Gasteiger partial charge in [-0.3, -0.25) is 4.79 Å². The van der Waals surface area contributed by atoms with Crippen LogP contribution in [0, 0.1) is 0 Å². The Morgan fingerprint density at radius 1 is 1.69 bits per heavy atom. The summed E-state index contributed by atoms with van der Waals surface area (Å²) in [5, 5.41) is 5.72. The van der Waals surface area contributed by atoms with E-state index < -0.39 is 5.97 Å². The quantitative estimate of drug-likeness (QED) is 0.463. The number of hydrogen-bond acceptors (Lipinski definition) is 4. The van der Waals surface area contributed by atoms with Crippen LogP contribution in [0.15, 0.2) is 10.9 Å². The molecule has 0 saturated heterocycles. The molecule has 0 aliphatic heterocycles. The summed E-state index contributed by atoms with van der Waals surface area (Å²) in [5.74, 6) is -0.570. The van der Waals surface area contributed by atoms with E-state index in [1.165, 1.54) is 13.2 Å². The van der Waals surface area contributed by atoms with Gasteiger partial charge in [0.15, 0.2) is 13.0 Å². The fourth-order valence-corrected chi connectivity index (χ4v) is 0.844. The van der Waals surface area contributed by atoms with Crippen LogP contribution < -0.4 is 11.0 Å². The first kappa shape index (κ1) is 9.50. The molecule has 1 aromatic heterocycles. The molecular formula is C7H8BN2O3. The molecule has 1 rings (SSSR count). The minimum atomic E-state index is -0.570. The summed E-state index contributed by atoms with van der Waals surface area (Å²) >= 11 is 0. The molecule has 67 valence electrons. The zero-order chi connectivity index (χ0) is 9.84. The van der Waals surface area contributed by atoms with Gasteiger partial charge in [-0.05, 0) is 11.5 Å². The third-order valence-corrected chi connectivity index (χ3v) is 1.54. The van der Waals surface area contributed by atoms with Gasteiger partial charge < -0.3 is 4.74 Å². The molecule has 0 bridgehead atoms. The standard InChI is InChI=1S/C7H8BN2O3/c1-8-4-3-5(7(12)13-2)9-10-6(4)11/h3H,1-2H3,(H,10,11). The van der Waals surface area contributed by atoms with Crippen molar-refractivity contribution < 1.29 is 9.53 Å². The Hall–Kier alpha value is -1.59. The first-order valence-corrected chi connectivity index (χ1v) is 3.66. The van der Waals surface area contributed by atoms with Crippen LogP contribution in [-0.4, -0.2) is 30.6 Å². The molecule has 0 fully saturated rings. The fraction of sp³-hybridized carbons (Fsp3) is 0.286. The zero-order valence-corrected chi connectivity index (χ0v) is 7.33. The zero-order valence-electron chi connectivity index (χ0n) is 7.33. The Bertz CT molecular complexity index is 374. The van der Waals surface area contributed by atoms with Gasteiger partial charge in [-0.25, -0.2) is 9.89 Å². The van der Waals surface area contributed by atoms with Gasteiger partial charge in [-0.2, -0.15) is 5.10 Å². The molecular weight excluding hydrogens is 171 g/mol. The van der Waals surface area contributed by atoms with Crippen LogP contribution in [0.25, 0.3) is 0 Å². The van der Waals surface area contributed by atoms with E-state index in [4.69, 9.17) is 0 Å². The second kappa shape index (κ2) is 3.89. The summed E-state index contributed by atoms with van der Waals surface area (Å²) in [4.78, 5) is 22.0. The summed E-state index contributed by atoms with van der Waals surface area (Å²) in [5.41, 5.74) is 0.167. The molecule has 1 radical (unpaired) electrons. The number of aromatic amines is 1. The van der Waals surface area contributed by atoms with Gasteiger partial charge in [-0.15, -0.1) is 0 Å². The number of carbonyl (C=O) groups excluding carboxylic acids is 1. The number of nitrogens with one attached hydrogen (secondary N) is 1. The number of aromatic nitrogens is 2. The summed E-state index contributed by atoms with van der Waals surface area (Å²) < 4.78 is 4.44. The molecule has 0 aliphatic rings. The van der Waals surface area contributed by atoms with Crippen molar-refractivity contribution in [2.24, 2.45) is 0 Å². The molecule has 0 amide bonds. The SMILES string of the molecule is C[B]c1cc(C(=O)OC)n[nH]c1=O. The molecule has 1 N–H and O–H groups in total. The lowest BCUT2D eigenvalue weighted by molar-refractivity contribution is 0.0592. The second-order valence-corrected chi connectivity index (χ2v) is 2.32. The summed E-state index contributed by atoms with van der Waals surface area (Å²) in [6.07, 6.45) is 0. The average molecular weight is 179 g/mol. The number of ether oxygens (including phenoxy) is 1. The molecule has 0 unspecified atom stereocenters. The topological polar surface area (TPSA) is 72.0 Å². The largest absolute Gasteiger partial charge is 0.464 e. The Morgan fingerprint density at radius 3 is 2.92 bits per heavy atom. The van der Waals surface area contributed by atoms with Crippen LogP contribution in [0.3, 0.4) is 0 Å². The van der Waals surface area contributed by atoms with Crippen molar-refractivity contribution in [1.29, 1.82) is 0 Å². The predicted molar refractivity (Wildman–Crippen MR) is 47.4 cm³/mol. The van der Waals surface area contributed by atoms with Gasteiger partial charge in [0.1, 0.15) is 0 Å². The third kappa shape index (κ3) is 1.96. The minimum Gasteiger partial charge on any atom is -0.464 e. The average Bonchev–Trinajstić information content (AvgIpc) is 2.17. The monoisotopic (exact) mass is 179 g/mol. The van der Waals surface area contributed by atoms with Crippen molar-refractivity contribution in [1.82, 2.24) is 10.2 Å². The van der Waals surface area contributed by atoms with Gasteiger partial charge in [0.2, 0.25) is 0 Å². The molecule has 13 heavy (non-hydrogen) atoms. The predicted octanol–water partition coefficient (Wildman–Crippen LogP) is -1.07. The van der Waals surface area contributed by atoms with Crippen molar-refractivity contribution in [2.45, 2.75) is 6.82 Å². The van der Waals surface area contributed by atoms with Crippen molar-refractivity contribution in [3.8, 4) is 0 Å². The lowest BCUT2D eigenvalue weighted by atomic mass is 9.74. The number of methoxy groups -OCH3 is 1. The summed E-state index contributed by atoms with van der Waals surface area (Å²) in [6.45, 7) is 1.70. The summed E-state index contributed by atoms with van der Waals surface area (Å²) in [7, 11) is 2.84. The highest BCUT2D eigenvalue weighted by molar-refractivity contribution is 6.51. The molecule has 1 heterocycles. The molecule has 1 aromatic rings. The van der Waals surface area contributed by atoms with Crippen molar-refractivity contribution >= 4 is 18.7 Å². The van der Waals surface area contributed by atoms with Gasteiger partial charge in [0.25, 0.3) is 5.56 Å². The fourth-order valence-electron chi connectivity index (χ4n) is 0.844. The maximum Gasteiger partial charge on any atom is 0.358 e. The Morgan fingerprint density at radius 2 is 2.38 bits per heavy atom. The lowest BCUT2D eigenvalue weighted by Crippen LogP contribution is -2.34.